The van der Waals surface area contributed by atoms with Gasteiger partial charge in [-0.05, 0) is 62.4 Å². The first-order chi connectivity index (χ1) is 19.4. The van der Waals surface area contributed by atoms with Gasteiger partial charge in [-0.1, -0.05) is 35.4 Å². The molecule has 212 valence electrons. The number of hydrazine groups is 1. The van der Waals surface area contributed by atoms with Gasteiger partial charge in [-0.25, -0.2) is 14.4 Å². The Bertz CT molecular complexity index is 1450. The van der Waals surface area contributed by atoms with Crippen LogP contribution in [0.1, 0.15) is 49.1 Å². The molecule has 3 aromatic carbocycles. The molecule has 0 unspecified atom stereocenters. The molecule has 3 rings (SSSR count). The van der Waals surface area contributed by atoms with E-state index in [0.29, 0.717) is 5.69 Å². The van der Waals surface area contributed by atoms with Gasteiger partial charge in [-0.3, -0.25) is 25.2 Å². The minimum atomic E-state index is -2.27. The second-order valence-corrected chi connectivity index (χ2v) is 8.92. The molecule has 2 atom stereocenters. The van der Waals surface area contributed by atoms with Gasteiger partial charge in [0.2, 0.25) is 18.1 Å². The molecule has 41 heavy (non-hydrogen) atoms. The van der Waals surface area contributed by atoms with Crippen molar-refractivity contribution in [2.24, 2.45) is 0 Å². The van der Waals surface area contributed by atoms with Gasteiger partial charge < -0.3 is 19.9 Å². The number of esters is 2. The van der Waals surface area contributed by atoms with Crippen LogP contribution in [0.25, 0.3) is 0 Å². The molecule has 12 nitrogen and oxygen atoms in total. The maximum Gasteiger partial charge on any atom is 0.349 e. The summed E-state index contributed by atoms with van der Waals surface area (Å²) in [5, 5.41) is 12.4. The van der Waals surface area contributed by atoms with Crippen LogP contribution in [0.4, 0.5) is 5.69 Å². The molecule has 0 spiro atoms. The maximum atomic E-state index is 13.1. The smallest absolute Gasteiger partial charge is 0.349 e. The Balaban J connectivity index is 1.81. The zero-order valence-corrected chi connectivity index (χ0v) is 22.3. The first-order valence-electron chi connectivity index (χ1n) is 12.2. The van der Waals surface area contributed by atoms with Crippen molar-refractivity contribution >= 4 is 41.3 Å². The van der Waals surface area contributed by atoms with Crippen molar-refractivity contribution in [1.29, 1.82) is 0 Å². The zero-order valence-electron chi connectivity index (χ0n) is 22.3. The first kappa shape index (κ1) is 30.0. The van der Waals surface area contributed by atoms with Crippen LogP contribution in [0.5, 0.6) is 0 Å². The molecule has 4 N–H and O–H groups in total. The van der Waals surface area contributed by atoms with Crippen LogP contribution in [0.15, 0.2) is 72.8 Å². The third-order valence-electron chi connectivity index (χ3n) is 5.59. The first-order valence-corrected chi connectivity index (χ1v) is 12.2. The van der Waals surface area contributed by atoms with Crippen LogP contribution in [-0.4, -0.2) is 52.9 Å². The summed E-state index contributed by atoms with van der Waals surface area (Å²) >= 11 is 0. The highest BCUT2D eigenvalue weighted by Gasteiger charge is 2.41. The molecular weight excluding hydrogens is 534 g/mol. The average molecular weight is 562 g/mol. The quantitative estimate of drug-likeness (QED) is 0.226. The predicted molar refractivity (Wildman–Crippen MR) is 145 cm³/mol. The summed E-state index contributed by atoms with van der Waals surface area (Å²) in [4.78, 5) is 74.4. The molecule has 0 aliphatic carbocycles. The van der Waals surface area contributed by atoms with Crippen molar-refractivity contribution in [3.63, 3.8) is 0 Å². The molecule has 0 radical (unpaired) electrons. The fourth-order valence-electron chi connectivity index (χ4n) is 3.41. The molecule has 0 saturated heterocycles. The highest BCUT2D eigenvalue weighted by atomic mass is 16.6. The lowest BCUT2D eigenvalue weighted by atomic mass is 10.1. The molecule has 0 fully saturated rings. The van der Waals surface area contributed by atoms with Crippen LogP contribution in [0, 0.1) is 13.8 Å². The van der Waals surface area contributed by atoms with Crippen LogP contribution in [0.2, 0.25) is 0 Å². The highest BCUT2D eigenvalue weighted by molar-refractivity contribution is 5.99. The Morgan fingerprint density at radius 1 is 0.634 bits per heavy atom. The molecule has 0 saturated carbocycles. The fraction of sp³-hybridized carbons (Fsp3) is 0.172. The number of carboxylic acid groups (broad SMARTS) is 1. The molecule has 0 aliphatic rings. The van der Waals surface area contributed by atoms with Crippen LogP contribution in [-0.2, 0) is 23.9 Å². The second-order valence-electron chi connectivity index (χ2n) is 8.92. The van der Waals surface area contributed by atoms with Crippen LogP contribution < -0.4 is 16.2 Å². The lowest BCUT2D eigenvalue weighted by Gasteiger charge is -2.23. The molecule has 3 aromatic rings. The summed E-state index contributed by atoms with van der Waals surface area (Å²) in [6.07, 6.45) is -4.47. The number of rotatable bonds is 9. The van der Waals surface area contributed by atoms with E-state index in [-0.39, 0.29) is 22.6 Å². The van der Waals surface area contributed by atoms with Gasteiger partial charge in [-0.15, -0.1) is 0 Å². The number of carbonyl (C=O) groups is 6. The van der Waals surface area contributed by atoms with E-state index in [2.05, 4.69) is 10.7 Å². The summed E-state index contributed by atoms with van der Waals surface area (Å²) in [7, 11) is 0. The van der Waals surface area contributed by atoms with E-state index < -0.39 is 41.9 Å². The number of nitrogens with one attached hydrogen (secondary N) is 3. The van der Waals surface area contributed by atoms with Gasteiger partial charge in [0.15, 0.2) is 0 Å². The zero-order chi connectivity index (χ0) is 30.1. The van der Waals surface area contributed by atoms with E-state index in [1.165, 1.54) is 55.5 Å². The fourth-order valence-corrected chi connectivity index (χ4v) is 3.41. The maximum absolute atomic E-state index is 13.1. The Morgan fingerprint density at radius 3 is 1.51 bits per heavy atom. The van der Waals surface area contributed by atoms with Crippen molar-refractivity contribution in [1.82, 2.24) is 10.9 Å². The SMILES string of the molecule is CC(=O)Nc1ccc(C(=O)NNC(=O)[C@H](OC(=O)c2ccc(C)cc2)[C@H](OC(=O)c2ccc(C)cc2)C(=O)O)cc1. The minimum Gasteiger partial charge on any atom is -0.478 e. The number of hydrogen-bond donors (Lipinski definition) is 4. The summed E-state index contributed by atoms with van der Waals surface area (Å²) in [6.45, 7) is 4.89. The second kappa shape index (κ2) is 13.5. The van der Waals surface area contributed by atoms with Gasteiger partial charge in [-0.2, -0.15) is 0 Å². The number of carboxylic acids is 1. The average Bonchev–Trinajstić information content (AvgIpc) is 2.93. The lowest BCUT2D eigenvalue weighted by molar-refractivity contribution is -0.159. The van der Waals surface area contributed by atoms with E-state index in [0.717, 1.165) is 11.1 Å². The van der Waals surface area contributed by atoms with Crippen molar-refractivity contribution in [2.75, 3.05) is 5.32 Å². The highest BCUT2D eigenvalue weighted by Crippen LogP contribution is 2.15. The lowest BCUT2D eigenvalue weighted by Crippen LogP contribution is -2.54. The Kier molecular flexibility index (Phi) is 9.90. The number of hydrogen-bond acceptors (Lipinski definition) is 8. The van der Waals surface area contributed by atoms with E-state index in [1.807, 2.05) is 5.43 Å². The Hall–Kier alpha value is -5.52. The predicted octanol–water partition coefficient (Wildman–Crippen LogP) is 2.56. The van der Waals surface area contributed by atoms with Crippen molar-refractivity contribution in [3.05, 3.63) is 101 Å². The van der Waals surface area contributed by atoms with E-state index in [4.69, 9.17) is 9.47 Å². The normalized spacial score (nSPS) is 11.8. The third-order valence-corrected chi connectivity index (χ3v) is 5.59. The number of aryl methyl sites for hydroxylation is 2. The molecule has 0 heterocycles. The van der Waals surface area contributed by atoms with E-state index in [9.17, 15) is 33.9 Å². The standard InChI is InChI=1S/C29H27N3O9/c1-16-4-8-20(9-5-16)28(38)40-23(24(27(36)37)41-29(39)21-10-6-17(2)7-11-21)26(35)32-31-25(34)19-12-14-22(15-13-19)30-18(3)33/h4-15,23-24H,1-3H3,(H,30,33)(H,31,34)(H,32,35)(H,36,37)/t23-,24+/m1/s1. The molecule has 12 heteroatoms. The van der Waals surface area contributed by atoms with E-state index >= 15 is 0 Å². The third kappa shape index (κ3) is 8.48. The topological polar surface area (TPSA) is 177 Å². The molecule has 0 bridgehead atoms. The van der Waals surface area contributed by atoms with Gasteiger partial charge in [0.25, 0.3) is 11.8 Å². The Morgan fingerprint density at radius 2 is 1.07 bits per heavy atom. The van der Waals surface area contributed by atoms with Gasteiger partial charge in [0.1, 0.15) is 0 Å². The molecular formula is C29H27N3O9. The summed E-state index contributed by atoms with van der Waals surface area (Å²) in [6, 6.07) is 17.7. The minimum absolute atomic E-state index is 0.00174. The number of carbonyl (C=O) groups excluding carboxylic acids is 5. The van der Waals surface area contributed by atoms with Gasteiger partial charge in [0.05, 0.1) is 11.1 Å². The molecule has 3 amide bonds. The monoisotopic (exact) mass is 561 g/mol. The summed E-state index contributed by atoms with van der Waals surface area (Å²) in [5.74, 6) is -6.32. The number of ether oxygens (including phenoxy) is 2. The van der Waals surface area contributed by atoms with Gasteiger partial charge in [0, 0.05) is 18.2 Å². The van der Waals surface area contributed by atoms with Crippen molar-refractivity contribution < 1.29 is 43.3 Å². The van der Waals surface area contributed by atoms with Crippen molar-refractivity contribution in [2.45, 2.75) is 33.0 Å². The number of aliphatic carboxylic acids is 1. The van der Waals surface area contributed by atoms with E-state index in [1.54, 1.807) is 38.1 Å². The number of amides is 3. The largest absolute Gasteiger partial charge is 0.478 e. The van der Waals surface area contributed by atoms with Crippen LogP contribution >= 0.6 is 0 Å². The van der Waals surface area contributed by atoms with Gasteiger partial charge >= 0.3 is 17.9 Å². The number of benzene rings is 3. The summed E-state index contributed by atoms with van der Waals surface area (Å²) < 4.78 is 10.3. The van der Waals surface area contributed by atoms with Crippen LogP contribution in [0.3, 0.4) is 0 Å². The van der Waals surface area contributed by atoms with Crippen molar-refractivity contribution in [3.8, 4) is 0 Å². The Labute approximate surface area is 234 Å². The molecule has 0 aromatic heterocycles. The molecule has 0 aliphatic heterocycles. The number of anilines is 1. The summed E-state index contributed by atoms with van der Waals surface area (Å²) in [5.41, 5.74) is 6.29.